The third kappa shape index (κ3) is 4.02. The number of nitrogens with one attached hydrogen (secondary N) is 1. The van der Waals surface area contributed by atoms with Crippen molar-refractivity contribution in [3.8, 4) is 0 Å². The van der Waals surface area contributed by atoms with E-state index in [0.29, 0.717) is 10.7 Å². The van der Waals surface area contributed by atoms with E-state index in [1.165, 1.54) is 24.3 Å². The molecule has 2 amide bonds. The van der Waals surface area contributed by atoms with E-state index >= 15 is 0 Å². The molecule has 11 heteroatoms. The summed E-state index contributed by atoms with van der Waals surface area (Å²) in [5.74, 6) is 0. The van der Waals surface area contributed by atoms with Gasteiger partial charge in [-0.3, -0.25) is 0 Å². The molecule has 0 atom stereocenters. The fourth-order valence-electron chi connectivity index (χ4n) is 2.65. The minimum absolute atomic E-state index is 0.142. The zero-order valence-corrected chi connectivity index (χ0v) is 17.7. The summed E-state index contributed by atoms with van der Waals surface area (Å²) in [6.07, 6.45) is 0. The molecule has 0 spiro atoms. The molecule has 0 aliphatic carbocycles. The first-order valence-electron chi connectivity index (χ1n) is 8.58. The van der Waals surface area contributed by atoms with Crippen molar-refractivity contribution in [2.45, 2.75) is 30.6 Å². The number of hydrazine groups is 1. The quantitative estimate of drug-likeness (QED) is 0.769. The van der Waals surface area contributed by atoms with E-state index in [4.69, 9.17) is 0 Å². The second kappa shape index (κ2) is 7.58. The van der Waals surface area contributed by atoms with Gasteiger partial charge in [-0.1, -0.05) is 35.4 Å². The molecule has 9 nitrogen and oxygen atoms in total. The van der Waals surface area contributed by atoms with Gasteiger partial charge in [-0.2, -0.15) is 5.10 Å². The lowest BCUT2D eigenvalue weighted by Gasteiger charge is -2.34. The monoisotopic (exact) mass is 436 g/mol. The second-order valence-corrected chi connectivity index (χ2v) is 10.4. The Morgan fingerprint density at radius 2 is 1.24 bits per heavy atom. The Morgan fingerprint density at radius 3 is 1.66 bits per heavy atom. The van der Waals surface area contributed by atoms with E-state index in [1.54, 1.807) is 45.0 Å². The largest absolute Gasteiger partial charge is 0.354 e. The topological polar surface area (TPSA) is 116 Å². The van der Waals surface area contributed by atoms with Crippen LogP contribution < -0.4 is 5.43 Å². The SMILES string of the molecule is CC1=NNC(=O)N(N(S(=O)(=O)c2ccc(C)cc2)S(=O)(=O)c2ccc(C)cc2)C1. The molecule has 1 heterocycles. The summed E-state index contributed by atoms with van der Waals surface area (Å²) in [4.78, 5) is 11.9. The summed E-state index contributed by atoms with van der Waals surface area (Å²) in [5, 5.41) is 4.35. The summed E-state index contributed by atoms with van der Waals surface area (Å²) in [7, 11) is -9.27. The molecule has 0 saturated heterocycles. The number of rotatable bonds is 5. The molecule has 0 fully saturated rings. The predicted octanol–water partition coefficient (Wildman–Crippen LogP) is 2.00. The molecule has 1 aliphatic heterocycles. The molecule has 0 radical (unpaired) electrons. The summed E-state index contributed by atoms with van der Waals surface area (Å²) in [6, 6.07) is 10.4. The van der Waals surface area contributed by atoms with Crippen molar-refractivity contribution in [3.63, 3.8) is 0 Å². The van der Waals surface area contributed by atoms with Crippen LogP contribution in [0, 0.1) is 13.8 Å². The Balaban J connectivity index is 2.22. The van der Waals surface area contributed by atoms with E-state index in [-0.39, 0.29) is 20.2 Å². The standard InChI is InChI=1S/C18H20N4O5S2/c1-13-4-8-16(9-5-13)28(24,25)22(21-12-15(3)19-20-18(21)23)29(26,27)17-10-6-14(2)7-11-17/h4-11H,12H2,1-3H3,(H,20,23). The van der Waals surface area contributed by atoms with Crippen LogP contribution in [0.4, 0.5) is 4.79 Å². The first kappa shape index (κ1) is 21.0. The normalized spacial score (nSPS) is 15.2. The van der Waals surface area contributed by atoms with Crippen LogP contribution in [-0.4, -0.2) is 44.0 Å². The average Bonchev–Trinajstić information content (AvgIpc) is 2.65. The zero-order chi connectivity index (χ0) is 21.4. The van der Waals surface area contributed by atoms with Gasteiger partial charge in [0.15, 0.2) is 0 Å². The van der Waals surface area contributed by atoms with E-state index < -0.39 is 26.1 Å². The van der Waals surface area contributed by atoms with Gasteiger partial charge in [0.1, 0.15) is 0 Å². The average molecular weight is 437 g/mol. The van der Waals surface area contributed by atoms with Gasteiger partial charge in [0.05, 0.1) is 22.0 Å². The number of nitrogens with zero attached hydrogens (tertiary/aromatic N) is 3. The Morgan fingerprint density at radius 1 is 0.828 bits per heavy atom. The van der Waals surface area contributed by atoms with E-state index in [2.05, 4.69) is 10.5 Å². The third-order valence-corrected chi connectivity index (χ3v) is 8.33. The molecule has 0 aromatic heterocycles. The third-order valence-electron chi connectivity index (χ3n) is 4.20. The van der Waals surface area contributed by atoms with Crippen LogP contribution in [0.15, 0.2) is 63.4 Å². The van der Waals surface area contributed by atoms with E-state index in [1.807, 2.05) is 0 Å². The van der Waals surface area contributed by atoms with Crippen LogP contribution in [0.25, 0.3) is 0 Å². The van der Waals surface area contributed by atoms with Crippen molar-refractivity contribution in [3.05, 3.63) is 59.7 Å². The lowest BCUT2D eigenvalue weighted by atomic mass is 10.2. The molecule has 0 saturated carbocycles. The summed E-state index contributed by atoms with van der Waals surface area (Å²) in [6.45, 7) is 4.79. The number of hydrogen-bond donors (Lipinski definition) is 1. The van der Waals surface area contributed by atoms with E-state index in [9.17, 15) is 21.6 Å². The summed E-state index contributed by atoms with van der Waals surface area (Å²) in [5.41, 5.74) is 4.08. The highest BCUT2D eigenvalue weighted by Crippen LogP contribution is 2.27. The molecule has 0 unspecified atom stereocenters. The number of carbonyl (C=O) groups excluding carboxylic acids is 1. The Kier molecular flexibility index (Phi) is 5.48. The first-order chi connectivity index (χ1) is 13.5. The number of aryl methyl sites for hydroxylation is 2. The number of urea groups is 1. The summed E-state index contributed by atoms with van der Waals surface area (Å²) < 4.78 is 53.6. The van der Waals surface area contributed by atoms with Crippen LogP contribution in [0.3, 0.4) is 0 Å². The number of carbonyl (C=O) groups is 1. The molecule has 2 aromatic carbocycles. The van der Waals surface area contributed by atoms with Crippen molar-refractivity contribution in [2.75, 3.05) is 6.54 Å². The maximum atomic E-state index is 13.4. The van der Waals surface area contributed by atoms with Gasteiger partial charge in [0, 0.05) is 3.82 Å². The summed E-state index contributed by atoms with van der Waals surface area (Å²) >= 11 is 0. The Bertz CT molecular complexity index is 1100. The minimum Gasteiger partial charge on any atom is -0.245 e. The van der Waals surface area contributed by atoms with Gasteiger partial charge in [-0.25, -0.2) is 32.1 Å². The van der Waals surface area contributed by atoms with Crippen molar-refractivity contribution in [1.82, 2.24) is 14.3 Å². The first-order valence-corrected chi connectivity index (χ1v) is 11.5. The van der Waals surface area contributed by atoms with Gasteiger partial charge in [0.25, 0.3) is 20.0 Å². The van der Waals surface area contributed by atoms with Gasteiger partial charge < -0.3 is 0 Å². The molecule has 2 aromatic rings. The van der Waals surface area contributed by atoms with Crippen molar-refractivity contribution in [1.29, 1.82) is 0 Å². The van der Waals surface area contributed by atoms with Gasteiger partial charge >= 0.3 is 6.03 Å². The molecule has 1 N–H and O–H groups in total. The van der Waals surface area contributed by atoms with Crippen LogP contribution in [0.5, 0.6) is 0 Å². The molecule has 1 aliphatic rings. The Hall–Kier alpha value is -2.76. The lowest BCUT2D eigenvalue weighted by molar-refractivity contribution is 0.152. The fourth-order valence-corrected chi connectivity index (χ4v) is 6.30. The molecule has 0 bridgehead atoms. The zero-order valence-electron chi connectivity index (χ0n) is 16.0. The highest BCUT2D eigenvalue weighted by atomic mass is 32.3. The van der Waals surface area contributed by atoms with E-state index in [0.717, 1.165) is 11.1 Å². The van der Waals surface area contributed by atoms with Crippen molar-refractivity contribution >= 4 is 31.8 Å². The minimum atomic E-state index is -4.63. The van der Waals surface area contributed by atoms with Crippen LogP contribution >= 0.6 is 0 Å². The molecule has 154 valence electrons. The van der Waals surface area contributed by atoms with Crippen LogP contribution in [0.2, 0.25) is 0 Å². The van der Waals surface area contributed by atoms with Crippen molar-refractivity contribution in [2.24, 2.45) is 5.10 Å². The van der Waals surface area contributed by atoms with Crippen molar-refractivity contribution < 1.29 is 21.6 Å². The number of hydrazone groups is 1. The number of amides is 2. The fraction of sp³-hybridized carbons (Fsp3) is 0.222. The van der Waals surface area contributed by atoms with Gasteiger partial charge in [-0.05, 0) is 45.0 Å². The smallest absolute Gasteiger partial charge is 0.245 e. The lowest BCUT2D eigenvalue weighted by Crippen LogP contribution is -2.58. The maximum absolute atomic E-state index is 13.4. The highest BCUT2D eigenvalue weighted by Gasteiger charge is 2.44. The number of benzene rings is 2. The maximum Gasteiger partial charge on any atom is 0.354 e. The molecular weight excluding hydrogens is 416 g/mol. The predicted molar refractivity (Wildman–Crippen MR) is 107 cm³/mol. The molecular formula is C18H20N4O5S2. The van der Waals surface area contributed by atoms with Gasteiger partial charge in [-0.15, -0.1) is 0 Å². The highest BCUT2D eigenvalue weighted by molar-refractivity contribution is 8.04. The van der Waals surface area contributed by atoms with Gasteiger partial charge in [0.2, 0.25) is 0 Å². The molecule has 3 rings (SSSR count). The number of hydrogen-bond acceptors (Lipinski definition) is 6. The second-order valence-electron chi connectivity index (χ2n) is 6.64. The van der Waals surface area contributed by atoms with Crippen LogP contribution in [-0.2, 0) is 20.0 Å². The van der Waals surface area contributed by atoms with Crippen LogP contribution in [0.1, 0.15) is 18.1 Å². The Labute approximate surface area is 169 Å². The molecule has 29 heavy (non-hydrogen) atoms. The number of sulfonamides is 2.